The molecule has 36 heavy (non-hydrogen) atoms. The lowest BCUT2D eigenvalue weighted by atomic mass is 10.1. The van der Waals surface area contributed by atoms with Crippen LogP contribution in [-0.2, 0) is 10.9 Å². The molecule has 0 amide bonds. The summed E-state index contributed by atoms with van der Waals surface area (Å²) in [5.41, 5.74) is -2.75. The molecule has 0 N–H and O–H groups in total. The van der Waals surface area contributed by atoms with Crippen LogP contribution in [0.4, 0.5) is 18.9 Å². The molecule has 0 saturated heterocycles. The molecule has 0 aliphatic rings. The van der Waals surface area contributed by atoms with E-state index in [1.54, 1.807) is 0 Å². The largest absolute Gasteiger partial charge is 0.465 e. The number of methoxy groups -OCH3 is 1. The number of nitro groups is 1. The molecule has 14 heteroatoms. The lowest BCUT2D eigenvalue weighted by molar-refractivity contribution is -0.385. The first kappa shape index (κ1) is 27.1. The lowest BCUT2D eigenvalue weighted by Gasteiger charge is -2.13. The molecule has 0 aliphatic heterocycles. The van der Waals surface area contributed by atoms with E-state index in [2.05, 4.69) is 4.74 Å². The van der Waals surface area contributed by atoms with Crippen molar-refractivity contribution < 1.29 is 41.9 Å². The van der Waals surface area contributed by atoms with Crippen molar-refractivity contribution in [1.29, 1.82) is 0 Å². The fraction of sp³-hybridized carbons (Fsp3) is 0.0909. The Labute approximate surface area is 215 Å². The molecule has 0 saturated carbocycles. The van der Waals surface area contributed by atoms with Gasteiger partial charge in [-0.05, 0) is 36.4 Å². The van der Waals surface area contributed by atoms with Gasteiger partial charge < -0.3 is 14.2 Å². The zero-order chi connectivity index (χ0) is 26.8. The van der Waals surface area contributed by atoms with Crippen molar-refractivity contribution in [2.75, 3.05) is 7.11 Å². The van der Waals surface area contributed by atoms with Gasteiger partial charge in [0.15, 0.2) is 5.75 Å². The molecule has 3 aromatic rings. The maximum atomic E-state index is 12.9. The van der Waals surface area contributed by atoms with Gasteiger partial charge in [-0.1, -0.05) is 34.8 Å². The average Bonchev–Trinajstić information content (AvgIpc) is 2.81. The van der Waals surface area contributed by atoms with Gasteiger partial charge in [0.25, 0.3) is 5.69 Å². The molecule has 3 aromatic carbocycles. The van der Waals surface area contributed by atoms with Gasteiger partial charge >= 0.3 is 18.1 Å². The highest BCUT2D eigenvalue weighted by atomic mass is 35.5. The van der Waals surface area contributed by atoms with Gasteiger partial charge in [0.05, 0.1) is 32.7 Å². The number of hydrogen-bond acceptors (Lipinski definition) is 7. The van der Waals surface area contributed by atoms with E-state index in [1.807, 2.05) is 0 Å². The number of halogens is 6. The summed E-state index contributed by atoms with van der Waals surface area (Å²) in [7, 11) is 1.04. The first-order valence-corrected chi connectivity index (χ1v) is 10.6. The molecule has 3 rings (SSSR count). The summed E-state index contributed by atoms with van der Waals surface area (Å²) in [4.78, 5) is 35.6. The number of rotatable bonds is 6. The molecule has 188 valence electrons. The van der Waals surface area contributed by atoms with Crippen molar-refractivity contribution in [3.8, 4) is 17.2 Å². The second-order valence-electron chi connectivity index (χ2n) is 6.80. The van der Waals surface area contributed by atoms with Crippen LogP contribution in [0.25, 0.3) is 0 Å². The topological polar surface area (TPSA) is 105 Å². The molecule has 0 bridgehead atoms. The third-order valence-corrected chi connectivity index (χ3v) is 5.42. The van der Waals surface area contributed by atoms with Gasteiger partial charge in [0.1, 0.15) is 22.6 Å². The number of nitro benzene ring substituents is 1. The van der Waals surface area contributed by atoms with Gasteiger partial charge in [0, 0.05) is 12.1 Å². The van der Waals surface area contributed by atoms with Gasteiger partial charge in [-0.2, -0.15) is 13.2 Å². The van der Waals surface area contributed by atoms with E-state index in [4.69, 9.17) is 44.3 Å². The zero-order valence-electron chi connectivity index (χ0n) is 17.7. The molecule has 8 nitrogen and oxygen atoms in total. The van der Waals surface area contributed by atoms with Crippen molar-refractivity contribution in [3.63, 3.8) is 0 Å². The third kappa shape index (κ3) is 5.81. The highest BCUT2D eigenvalue weighted by molar-refractivity contribution is 6.37. The van der Waals surface area contributed by atoms with Crippen LogP contribution in [0.15, 0.2) is 48.5 Å². The monoisotopic (exact) mass is 563 g/mol. The van der Waals surface area contributed by atoms with E-state index in [0.29, 0.717) is 6.07 Å². The third-order valence-electron chi connectivity index (χ3n) is 4.51. The second-order valence-corrected chi connectivity index (χ2v) is 8.02. The SMILES string of the molecule is COC(=O)c1c(Cl)ccc(Cl)c1OC(=O)c1cc(Oc2ccc(C(F)(F)F)cc2Cl)ccc1[N+](=O)[O-]. The van der Waals surface area contributed by atoms with Crippen molar-refractivity contribution in [3.05, 3.63) is 90.4 Å². The van der Waals surface area contributed by atoms with Crippen molar-refractivity contribution in [2.24, 2.45) is 0 Å². The first-order valence-electron chi connectivity index (χ1n) is 9.45. The van der Waals surface area contributed by atoms with Gasteiger partial charge in [0.2, 0.25) is 0 Å². The van der Waals surface area contributed by atoms with Crippen LogP contribution in [0.2, 0.25) is 15.1 Å². The number of carbonyl (C=O) groups excluding carboxylic acids is 2. The molecule has 0 atom stereocenters. The summed E-state index contributed by atoms with van der Waals surface area (Å²) in [6, 6.07) is 7.67. The predicted octanol–water partition coefficient (Wildman–Crippen LogP) is 7.37. The normalized spacial score (nSPS) is 11.1. The highest BCUT2D eigenvalue weighted by Gasteiger charge is 2.31. The number of nitrogens with zero attached hydrogens (tertiary/aromatic N) is 1. The molecule has 0 aromatic heterocycles. The van der Waals surface area contributed by atoms with Crippen molar-refractivity contribution >= 4 is 52.4 Å². The van der Waals surface area contributed by atoms with Crippen molar-refractivity contribution in [2.45, 2.75) is 6.18 Å². The summed E-state index contributed by atoms with van der Waals surface area (Å²) >= 11 is 17.9. The van der Waals surface area contributed by atoms with Crippen LogP contribution in [0.1, 0.15) is 26.3 Å². The van der Waals surface area contributed by atoms with Crippen LogP contribution in [0.3, 0.4) is 0 Å². The van der Waals surface area contributed by atoms with E-state index >= 15 is 0 Å². The molecular formula is C22H11Cl3F3NO7. The summed E-state index contributed by atoms with van der Waals surface area (Å²) in [5.74, 6) is -3.23. The molecule has 0 heterocycles. The Morgan fingerprint density at radius 1 is 0.917 bits per heavy atom. The maximum absolute atomic E-state index is 12.9. The van der Waals surface area contributed by atoms with Crippen LogP contribution in [0, 0.1) is 10.1 Å². The Balaban J connectivity index is 2.00. The van der Waals surface area contributed by atoms with Crippen LogP contribution in [-0.4, -0.2) is 24.0 Å². The fourth-order valence-electron chi connectivity index (χ4n) is 2.86. The highest BCUT2D eigenvalue weighted by Crippen LogP contribution is 2.38. The number of carbonyl (C=O) groups is 2. The number of hydrogen-bond donors (Lipinski definition) is 0. The average molecular weight is 565 g/mol. The Kier molecular flexibility index (Phi) is 7.97. The minimum atomic E-state index is -4.64. The van der Waals surface area contributed by atoms with E-state index in [1.165, 1.54) is 12.1 Å². The predicted molar refractivity (Wildman–Crippen MR) is 122 cm³/mol. The quantitative estimate of drug-likeness (QED) is 0.133. The van der Waals surface area contributed by atoms with Crippen LogP contribution < -0.4 is 9.47 Å². The van der Waals surface area contributed by atoms with Gasteiger partial charge in [-0.25, -0.2) is 9.59 Å². The minimum Gasteiger partial charge on any atom is -0.465 e. The summed E-state index contributed by atoms with van der Waals surface area (Å²) in [6.45, 7) is 0. The van der Waals surface area contributed by atoms with Crippen LogP contribution in [0.5, 0.6) is 17.2 Å². The molecule has 0 unspecified atom stereocenters. The van der Waals surface area contributed by atoms with Crippen LogP contribution >= 0.6 is 34.8 Å². The molecule has 0 aliphatic carbocycles. The summed E-state index contributed by atoms with van der Waals surface area (Å²) < 4.78 is 53.8. The first-order chi connectivity index (χ1) is 16.8. The van der Waals surface area contributed by atoms with E-state index < -0.39 is 56.2 Å². The smallest absolute Gasteiger partial charge is 0.416 e. The second kappa shape index (κ2) is 10.6. The Hall–Kier alpha value is -3.54. The van der Waals surface area contributed by atoms with Gasteiger partial charge in [-0.3, -0.25) is 10.1 Å². The van der Waals surface area contributed by atoms with E-state index in [0.717, 1.165) is 37.4 Å². The standard InChI is InChI=1S/C22H11Cl3F3NO7/c1-34-21(31)18-13(23)4-5-14(24)19(18)36-20(30)12-9-11(3-6-16(12)29(32)33)35-17-7-2-10(8-15(17)25)22(26,27)28/h2-9H,1H3. The Morgan fingerprint density at radius 3 is 2.17 bits per heavy atom. The number of alkyl halides is 3. The lowest BCUT2D eigenvalue weighted by Crippen LogP contribution is -2.15. The number of benzene rings is 3. The summed E-state index contributed by atoms with van der Waals surface area (Å²) in [6.07, 6.45) is -4.64. The van der Waals surface area contributed by atoms with Gasteiger partial charge in [-0.15, -0.1) is 0 Å². The van der Waals surface area contributed by atoms with Crippen molar-refractivity contribution in [1.82, 2.24) is 0 Å². The minimum absolute atomic E-state index is 0.169. The number of esters is 2. The fourth-order valence-corrected chi connectivity index (χ4v) is 3.50. The summed E-state index contributed by atoms with van der Waals surface area (Å²) in [5, 5.41) is 10.7. The molecular weight excluding hydrogens is 554 g/mol. The number of ether oxygens (including phenoxy) is 3. The molecule has 0 fully saturated rings. The Bertz CT molecular complexity index is 1380. The van der Waals surface area contributed by atoms with E-state index in [9.17, 15) is 32.9 Å². The molecule has 0 spiro atoms. The maximum Gasteiger partial charge on any atom is 0.416 e. The zero-order valence-corrected chi connectivity index (χ0v) is 20.0. The van der Waals surface area contributed by atoms with E-state index in [-0.39, 0.29) is 21.5 Å². The molecule has 0 radical (unpaired) electrons. The Morgan fingerprint density at radius 2 is 1.58 bits per heavy atom.